The van der Waals surface area contributed by atoms with Gasteiger partial charge in [-0.25, -0.2) is 4.79 Å². The number of ether oxygens (including phenoxy) is 3. The molecule has 2 aromatic carbocycles. The van der Waals surface area contributed by atoms with Crippen LogP contribution in [0.4, 0.5) is 5.69 Å². The molecule has 1 N–H and O–H groups in total. The Bertz CT molecular complexity index is 897. The van der Waals surface area contributed by atoms with Crippen molar-refractivity contribution < 1.29 is 28.7 Å². The minimum Gasteiger partial charge on any atom is -0.454 e. The van der Waals surface area contributed by atoms with E-state index < -0.39 is 23.4 Å². The van der Waals surface area contributed by atoms with E-state index >= 15 is 0 Å². The Labute approximate surface area is 154 Å². The molecule has 1 heterocycles. The quantitative estimate of drug-likeness (QED) is 0.470. The molecular weight excluding hydrogens is 356 g/mol. The summed E-state index contributed by atoms with van der Waals surface area (Å²) in [6, 6.07) is 10.3. The van der Waals surface area contributed by atoms with Crippen molar-refractivity contribution >= 4 is 17.6 Å². The number of carbonyl (C=O) groups is 2. The smallest absolute Gasteiger partial charge is 0.345 e. The Morgan fingerprint density at radius 2 is 1.96 bits per heavy atom. The van der Waals surface area contributed by atoms with Crippen molar-refractivity contribution in [1.29, 1.82) is 0 Å². The van der Waals surface area contributed by atoms with Crippen molar-refractivity contribution in [3.63, 3.8) is 0 Å². The van der Waals surface area contributed by atoms with E-state index in [1.54, 1.807) is 25.1 Å². The SMILES string of the molecule is C[C@H](NC(=O)COC(=O)c1ccccc1[N+](=O)[O-])c1ccc2c(c1)OCO2. The predicted molar refractivity (Wildman–Crippen MR) is 92.5 cm³/mol. The van der Waals surface area contributed by atoms with Gasteiger partial charge in [0.25, 0.3) is 11.6 Å². The summed E-state index contributed by atoms with van der Waals surface area (Å²) in [6.07, 6.45) is 0. The van der Waals surface area contributed by atoms with Crippen LogP contribution >= 0.6 is 0 Å². The van der Waals surface area contributed by atoms with Gasteiger partial charge in [-0.3, -0.25) is 14.9 Å². The Morgan fingerprint density at radius 3 is 2.74 bits per heavy atom. The fourth-order valence-corrected chi connectivity index (χ4v) is 2.56. The van der Waals surface area contributed by atoms with Gasteiger partial charge in [0.1, 0.15) is 5.56 Å². The van der Waals surface area contributed by atoms with Gasteiger partial charge in [-0.05, 0) is 30.7 Å². The minimum atomic E-state index is -0.937. The first-order valence-corrected chi connectivity index (χ1v) is 8.05. The van der Waals surface area contributed by atoms with Crippen molar-refractivity contribution in [3.05, 3.63) is 63.7 Å². The highest BCUT2D eigenvalue weighted by Gasteiger charge is 2.22. The molecule has 0 spiro atoms. The van der Waals surface area contributed by atoms with Gasteiger partial charge in [-0.2, -0.15) is 0 Å². The average Bonchev–Trinajstić information content (AvgIpc) is 3.13. The van der Waals surface area contributed by atoms with Gasteiger partial charge in [-0.15, -0.1) is 0 Å². The topological polar surface area (TPSA) is 117 Å². The molecule has 0 saturated carbocycles. The van der Waals surface area contributed by atoms with Gasteiger partial charge in [-0.1, -0.05) is 18.2 Å². The summed E-state index contributed by atoms with van der Waals surface area (Å²) < 4.78 is 15.4. The Balaban J connectivity index is 1.57. The first kappa shape index (κ1) is 18.2. The van der Waals surface area contributed by atoms with Crippen LogP contribution in [0.5, 0.6) is 11.5 Å². The van der Waals surface area contributed by atoms with Crippen LogP contribution in [0.2, 0.25) is 0 Å². The van der Waals surface area contributed by atoms with Crippen molar-refractivity contribution in [1.82, 2.24) is 5.32 Å². The third-order valence-electron chi connectivity index (χ3n) is 3.93. The first-order valence-electron chi connectivity index (χ1n) is 8.05. The number of nitrogens with zero attached hydrogens (tertiary/aromatic N) is 1. The molecule has 9 heteroatoms. The number of hydrogen-bond donors (Lipinski definition) is 1. The third kappa shape index (κ3) is 4.14. The maximum absolute atomic E-state index is 12.0. The zero-order chi connectivity index (χ0) is 19.4. The standard InChI is InChI=1S/C18H16N2O7/c1-11(12-6-7-15-16(8-12)27-10-26-15)19-17(21)9-25-18(22)13-4-2-3-5-14(13)20(23)24/h2-8,11H,9-10H2,1H3,(H,19,21)/t11-/m0/s1. The number of benzene rings is 2. The van der Waals surface area contributed by atoms with Crippen LogP contribution in [0.1, 0.15) is 28.9 Å². The number of carbonyl (C=O) groups excluding carboxylic acids is 2. The van der Waals surface area contributed by atoms with E-state index in [0.717, 1.165) is 5.56 Å². The molecule has 0 bridgehead atoms. The fraction of sp³-hybridized carbons (Fsp3) is 0.222. The van der Waals surface area contributed by atoms with E-state index in [-0.39, 0.29) is 24.1 Å². The van der Waals surface area contributed by atoms with Crippen LogP contribution in [0.15, 0.2) is 42.5 Å². The highest BCUT2D eigenvalue weighted by molar-refractivity contribution is 5.95. The predicted octanol–water partition coefficient (Wildman–Crippen LogP) is 2.36. The van der Waals surface area contributed by atoms with Crippen molar-refractivity contribution in [2.24, 2.45) is 0 Å². The highest BCUT2D eigenvalue weighted by atomic mass is 16.7. The molecule has 1 aliphatic heterocycles. The lowest BCUT2D eigenvalue weighted by Gasteiger charge is -2.15. The molecule has 140 valence electrons. The van der Waals surface area contributed by atoms with Crippen molar-refractivity contribution in [2.75, 3.05) is 13.4 Å². The van der Waals surface area contributed by atoms with Crippen LogP contribution in [0.3, 0.4) is 0 Å². The van der Waals surface area contributed by atoms with Crippen LogP contribution in [0.25, 0.3) is 0 Å². The average molecular weight is 372 g/mol. The number of nitro groups is 1. The minimum absolute atomic E-state index is 0.154. The lowest BCUT2D eigenvalue weighted by molar-refractivity contribution is -0.385. The maximum Gasteiger partial charge on any atom is 0.345 e. The molecular formula is C18H16N2O7. The fourth-order valence-electron chi connectivity index (χ4n) is 2.56. The maximum atomic E-state index is 12.0. The van der Waals surface area contributed by atoms with Crippen LogP contribution in [-0.2, 0) is 9.53 Å². The van der Waals surface area contributed by atoms with Gasteiger partial charge in [0.2, 0.25) is 6.79 Å². The molecule has 1 aliphatic rings. The van der Waals surface area contributed by atoms with Crippen LogP contribution < -0.4 is 14.8 Å². The molecule has 1 amide bonds. The largest absolute Gasteiger partial charge is 0.454 e. The zero-order valence-corrected chi connectivity index (χ0v) is 14.3. The third-order valence-corrected chi connectivity index (χ3v) is 3.93. The summed E-state index contributed by atoms with van der Waals surface area (Å²) in [5.74, 6) is -0.243. The lowest BCUT2D eigenvalue weighted by atomic mass is 10.1. The van der Waals surface area contributed by atoms with Gasteiger partial charge >= 0.3 is 5.97 Å². The molecule has 9 nitrogen and oxygen atoms in total. The molecule has 3 rings (SSSR count). The number of nitro benzene ring substituents is 1. The molecule has 0 radical (unpaired) electrons. The molecule has 0 aliphatic carbocycles. The lowest BCUT2D eigenvalue weighted by Crippen LogP contribution is -2.31. The summed E-state index contributed by atoms with van der Waals surface area (Å²) in [5.41, 5.74) is 0.202. The summed E-state index contributed by atoms with van der Waals surface area (Å²) in [6.45, 7) is 1.36. The van der Waals surface area contributed by atoms with Crippen LogP contribution in [0, 0.1) is 10.1 Å². The van der Waals surface area contributed by atoms with Crippen molar-refractivity contribution in [3.8, 4) is 11.5 Å². The Hall–Kier alpha value is -3.62. The van der Waals surface area contributed by atoms with E-state index in [4.69, 9.17) is 14.2 Å². The number of amides is 1. The number of esters is 1. The van der Waals surface area contributed by atoms with E-state index in [9.17, 15) is 19.7 Å². The molecule has 0 fully saturated rings. The molecule has 1 atom stereocenters. The van der Waals surface area contributed by atoms with Crippen molar-refractivity contribution in [2.45, 2.75) is 13.0 Å². The van der Waals surface area contributed by atoms with Crippen LogP contribution in [-0.4, -0.2) is 30.2 Å². The van der Waals surface area contributed by atoms with E-state index in [2.05, 4.69) is 5.32 Å². The van der Waals surface area contributed by atoms with E-state index in [0.29, 0.717) is 11.5 Å². The number of rotatable bonds is 6. The first-order chi connectivity index (χ1) is 13.0. The number of para-hydroxylation sites is 1. The monoisotopic (exact) mass is 372 g/mol. The zero-order valence-electron chi connectivity index (χ0n) is 14.3. The second-order valence-corrected chi connectivity index (χ2v) is 5.75. The molecule has 0 aromatic heterocycles. The Kier molecular flexibility index (Phi) is 5.20. The summed E-state index contributed by atoms with van der Waals surface area (Å²) in [5, 5.41) is 13.6. The molecule has 27 heavy (non-hydrogen) atoms. The molecule has 0 unspecified atom stereocenters. The van der Waals surface area contributed by atoms with E-state index in [1.165, 1.54) is 24.3 Å². The second kappa shape index (κ2) is 7.73. The highest BCUT2D eigenvalue weighted by Crippen LogP contribution is 2.34. The molecule has 2 aromatic rings. The van der Waals surface area contributed by atoms with Gasteiger partial charge in [0, 0.05) is 6.07 Å². The summed E-state index contributed by atoms with van der Waals surface area (Å²) in [4.78, 5) is 34.3. The summed E-state index contributed by atoms with van der Waals surface area (Å²) >= 11 is 0. The van der Waals surface area contributed by atoms with Gasteiger partial charge < -0.3 is 19.5 Å². The second-order valence-electron chi connectivity index (χ2n) is 5.75. The number of hydrogen-bond acceptors (Lipinski definition) is 7. The normalized spacial score (nSPS) is 12.9. The molecule has 0 saturated heterocycles. The number of nitrogens with one attached hydrogen (secondary N) is 1. The summed E-state index contributed by atoms with van der Waals surface area (Å²) in [7, 11) is 0. The van der Waals surface area contributed by atoms with E-state index in [1.807, 2.05) is 0 Å². The van der Waals surface area contributed by atoms with Gasteiger partial charge in [0.15, 0.2) is 18.1 Å². The number of fused-ring (bicyclic) bond motifs is 1. The Morgan fingerprint density at radius 1 is 1.22 bits per heavy atom. The van der Waals surface area contributed by atoms with Gasteiger partial charge in [0.05, 0.1) is 11.0 Å².